The van der Waals surface area contributed by atoms with Crippen LogP contribution in [-0.4, -0.2) is 38.7 Å². The van der Waals surface area contributed by atoms with Gasteiger partial charge in [0, 0.05) is 0 Å². The first-order chi connectivity index (χ1) is 5.91. The molecule has 0 bridgehead atoms. The average molecular weight is 212 g/mol. The molecule has 1 aliphatic rings. The largest absolute Gasteiger partial charge is 0.372 e. The van der Waals surface area contributed by atoms with Crippen molar-refractivity contribution in [2.75, 3.05) is 19.3 Å². The molecule has 0 aromatic carbocycles. The summed E-state index contributed by atoms with van der Waals surface area (Å²) < 4.78 is 25.9. The Morgan fingerprint density at radius 2 is 1.62 bits per heavy atom. The van der Waals surface area contributed by atoms with E-state index in [0.717, 1.165) is 0 Å². The Balaban J connectivity index is 0. The fourth-order valence-electron chi connectivity index (χ4n) is 0.625. The zero-order chi connectivity index (χ0) is 10.7. The first-order valence-electron chi connectivity index (χ1n) is 3.70. The van der Waals surface area contributed by atoms with Crippen molar-refractivity contribution in [3.63, 3.8) is 0 Å². The van der Waals surface area contributed by atoms with Gasteiger partial charge in [-0.1, -0.05) is 0 Å². The SMILES string of the molecule is C1CCNC1.CS(=O)(=O)O.NC=O. The number of hydrogen-bond donors (Lipinski definition) is 3. The minimum atomic E-state index is -3.67. The minimum absolute atomic E-state index is 0.250. The molecule has 0 spiro atoms. The van der Waals surface area contributed by atoms with Crippen molar-refractivity contribution in [2.24, 2.45) is 5.73 Å². The van der Waals surface area contributed by atoms with Crippen molar-refractivity contribution in [1.82, 2.24) is 5.32 Å². The maximum Gasteiger partial charge on any atom is 0.261 e. The van der Waals surface area contributed by atoms with Crippen molar-refractivity contribution in [1.29, 1.82) is 0 Å². The molecule has 0 atom stereocenters. The summed E-state index contributed by atoms with van der Waals surface area (Å²) in [6.07, 6.45) is 3.74. The Morgan fingerprint density at radius 1 is 1.38 bits per heavy atom. The van der Waals surface area contributed by atoms with Gasteiger partial charge in [-0.3, -0.25) is 9.35 Å². The Kier molecular flexibility index (Phi) is 10.8. The van der Waals surface area contributed by atoms with Gasteiger partial charge in [-0.05, 0) is 25.9 Å². The molecule has 80 valence electrons. The van der Waals surface area contributed by atoms with Crippen LogP contribution in [0.15, 0.2) is 0 Å². The molecule has 1 heterocycles. The van der Waals surface area contributed by atoms with Gasteiger partial charge in [-0.25, -0.2) is 0 Å². The highest BCUT2D eigenvalue weighted by Crippen LogP contribution is 1.90. The van der Waals surface area contributed by atoms with Gasteiger partial charge in [-0.15, -0.1) is 0 Å². The molecule has 7 heteroatoms. The summed E-state index contributed by atoms with van der Waals surface area (Å²) in [4.78, 5) is 8.58. The molecule has 1 fully saturated rings. The molecular formula is C6H16N2O4S. The number of nitrogens with two attached hydrogens (primary N) is 1. The topological polar surface area (TPSA) is 109 Å². The van der Waals surface area contributed by atoms with E-state index >= 15 is 0 Å². The third kappa shape index (κ3) is 52.5. The summed E-state index contributed by atoms with van der Waals surface area (Å²) in [5.41, 5.74) is 4.17. The summed E-state index contributed by atoms with van der Waals surface area (Å²) >= 11 is 0. The monoisotopic (exact) mass is 212 g/mol. The molecule has 6 nitrogen and oxygen atoms in total. The van der Waals surface area contributed by atoms with E-state index in [9.17, 15) is 8.42 Å². The van der Waals surface area contributed by atoms with E-state index in [4.69, 9.17) is 9.35 Å². The van der Waals surface area contributed by atoms with Crippen molar-refractivity contribution >= 4 is 16.5 Å². The fraction of sp³-hybridized carbons (Fsp3) is 0.833. The molecule has 1 rings (SSSR count). The van der Waals surface area contributed by atoms with E-state index < -0.39 is 10.1 Å². The van der Waals surface area contributed by atoms with Crippen LogP contribution in [0, 0.1) is 0 Å². The second kappa shape index (κ2) is 9.43. The standard InChI is InChI=1S/C4H9N.CH3NO.CH4O3S/c1-2-4-5-3-1;2-1-3;1-5(2,3)4/h5H,1-4H2;1H,(H2,2,3);1H3,(H,2,3,4). The summed E-state index contributed by atoms with van der Waals surface area (Å²) in [7, 11) is -3.67. The second-order valence-corrected chi connectivity index (χ2v) is 3.79. The van der Waals surface area contributed by atoms with Crippen LogP contribution in [0.5, 0.6) is 0 Å². The van der Waals surface area contributed by atoms with E-state index in [2.05, 4.69) is 11.1 Å². The van der Waals surface area contributed by atoms with Gasteiger partial charge in [0.1, 0.15) is 0 Å². The number of carbonyl (C=O) groups is 1. The van der Waals surface area contributed by atoms with Gasteiger partial charge < -0.3 is 11.1 Å². The van der Waals surface area contributed by atoms with E-state index in [1.807, 2.05) is 0 Å². The predicted molar refractivity (Wildman–Crippen MR) is 49.8 cm³/mol. The van der Waals surface area contributed by atoms with Gasteiger partial charge in [0.15, 0.2) is 0 Å². The van der Waals surface area contributed by atoms with E-state index in [0.29, 0.717) is 6.26 Å². The summed E-state index contributed by atoms with van der Waals surface area (Å²) in [5.74, 6) is 0. The average Bonchev–Trinajstić information content (AvgIpc) is 2.36. The van der Waals surface area contributed by atoms with Crippen LogP contribution in [0.2, 0.25) is 0 Å². The van der Waals surface area contributed by atoms with Crippen LogP contribution >= 0.6 is 0 Å². The third-order valence-electron chi connectivity index (χ3n) is 0.957. The molecule has 1 aliphatic heterocycles. The molecule has 4 N–H and O–H groups in total. The molecule has 1 amide bonds. The molecule has 1 saturated heterocycles. The molecule has 0 aliphatic carbocycles. The van der Waals surface area contributed by atoms with Gasteiger partial charge >= 0.3 is 0 Å². The van der Waals surface area contributed by atoms with Crippen LogP contribution in [0.25, 0.3) is 0 Å². The lowest BCUT2D eigenvalue weighted by Crippen LogP contribution is -2.03. The highest BCUT2D eigenvalue weighted by molar-refractivity contribution is 7.85. The maximum atomic E-state index is 9.19. The van der Waals surface area contributed by atoms with Crippen molar-refractivity contribution in [2.45, 2.75) is 12.8 Å². The van der Waals surface area contributed by atoms with Crippen LogP contribution in [-0.2, 0) is 14.9 Å². The lowest BCUT2D eigenvalue weighted by atomic mass is 10.4. The number of carbonyl (C=O) groups excluding carboxylic acids is 1. The summed E-state index contributed by atoms with van der Waals surface area (Å²) in [6, 6.07) is 0. The summed E-state index contributed by atoms with van der Waals surface area (Å²) in [5, 5.41) is 3.22. The van der Waals surface area contributed by atoms with Gasteiger partial charge in [0.05, 0.1) is 6.26 Å². The molecule has 13 heavy (non-hydrogen) atoms. The second-order valence-electron chi connectivity index (χ2n) is 2.33. The smallest absolute Gasteiger partial charge is 0.261 e. The van der Waals surface area contributed by atoms with Crippen LogP contribution in [0.3, 0.4) is 0 Å². The van der Waals surface area contributed by atoms with Crippen LogP contribution in [0.1, 0.15) is 12.8 Å². The van der Waals surface area contributed by atoms with Gasteiger partial charge in [0.2, 0.25) is 6.41 Å². The highest BCUT2D eigenvalue weighted by atomic mass is 32.2. The number of primary amides is 1. The zero-order valence-electron chi connectivity index (χ0n) is 7.56. The quantitative estimate of drug-likeness (QED) is 0.351. The number of nitrogens with one attached hydrogen (secondary N) is 1. The van der Waals surface area contributed by atoms with E-state index in [1.165, 1.54) is 25.9 Å². The molecule has 0 aromatic rings. The van der Waals surface area contributed by atoms with Crippen molar-refractivity contribution in [3.05, 3.63) is 0 Å². The van der Waals surface area contributed by atoms with Crippen LogP contribution < -0.4 is 11.1 Å². The number of hydrogen-bond acceptors (Lipinski definition) is 4. The lowest BCUT2D eigenvalue weighted by molar-refractivity contribution is -0.106. The highest BCUT2D eigenvalue weighted by Gasteiger charge is 1.93. The van der Waals surface area contributed by atoms with Crippen molar-refractivity contribution in [3.8, 4) is 0 Å². The Labute approximate surface area is 78.2 Å². The number of amides is 1. The van der Waals surface area contributed by atoms with Crippen molar-refractivity contribution < 1.29 is 17.8 Å². The lowest BCUT2D eigenvalue weighted by Gasteiger charge is -1.76. The third-order valence-corrected chi connectivity index (χ3v) is 0.957. The first kappa shape index (κ1) is 14.8. The fourth-order valence-corrected chi connectivity index (χ4v) is 0.625. The van der Waals surface area contributed by atoms with Gasteiger partial charge in [0.25, 0.3) is 10.1 Å². The van der Waals surface area contributed by atoms with E-state index in [-0.39, 0.29) is 6.41 Å². The maximum absolute atomic E-state index is 9.19. The number of rotatable bonds is 0. The molecular weight excluding hydrogens is 196 g/mol. The normalized spacial score (nSPS) is 14.6. The first-order valence-corrected chi connectivity index (χ1v) is 5.55. The minimum Gasteiger partial charge on any atom is -0.372 e. The zero-order valence-corrected chi connectivity index (χ0v) is 8.38. The Bertz CT molecular complexity index is 183. The van der Waals surface area contributed by atoms with E-state index in [1.54, 1.807) is 0 Å². The molecule has 0 aromatic heterocycles. The summed E-state index contributed by atoms with van der Waals surface area (Å²) in [6.45, 7) is 2.50. The molecule has 0 radical (unpaired) electrons. The predicted octanol–water partition coefficient (Wildman–Crippen LogP) is -1.02. The Hall–Kier alpha value is -0.660. The molecule has 0 saturated carbocycles. The van der Waals surface area contributed by atoms with Crippen LogP contribution in [0.4, 0.5) is 0 Å². The Morgan fingerprint density at radius 3 is 1.69 bits per heavy atom. The van der Waals surface area contributed by atoms with Gasteiger partial charge in [-0.2, -0.15) is 8.42 Å². The molecule has 0 unspecified atom stereocenters.